The minimum absolute atomic E-state index is 0.0250. The van der Waals surface area contributed by atoms with Crippen LogP contribution in [-0.4, -0.2) is 27.6 Å². The lowest BCUT2D eigenvalue weighted by Crippen LogP contribution is -2.67. The second kappa shape index (κ2) is 9.91. The van der Waals surface area contributed by atoms with Crippen LogP contribution in [0.25, 0.3) is 0 Å². The summed E-state index contributed by atoms with van der Waals surface area (Å²) < 4.78 is 13.4. The van der Waals surface area contributed by atoms with Crippen LogP contribution in [0.1, 0.15) is 33.6 Å². The molecule has 30 heavy (non-hydrogen) atoms. The molecule has 0 N–H and O–H groups in total. The predicted molar refractivity (Wildman–Crippen MR) is 130 cm³/mol. The second-order valence-electron chi connectivity index (χ2n) is 9.32. The molecule has 0 amide bonds. The van der Waals surface area contributed by atoms with Crippen molar-refractivity contribution >= 4 is 18.7 Å². The van der Waals surface area contributed by atoms with E-state index in [2.05, 4.69) is 94.6 Å². The molecule has 2 nitrogen and oxygen atoms in total. The van der Waals surface area contributed by atoms with Gasteiger partial charge in [-0.3, -0.25) is 0 Å². The fraction of sp³-hybridized carbons (Fsp3) is 0.407. The van der Waals surface area contributed by atoms with E-state index in [4.69, 9.17) is 9.16 Å². The lowest BCUT2D eigenvalue weighted by Gasteiger charge is -2.43. The Bertz CT molecular complexity index is 770. The number of hydrogen-bond acceptors (Lipinski definition) is 2. The average molecular weight is 421 g/mol. The Morgan fingerprint density at radius 3 is 1.93 bits per heavy atom. The fourth-order valence-corrected chi connectivity index (χ4v) is 9.50. The van der Waals surface area contributed by atoms with Crippen LogP contribution in [0.3, 0.4) is 0 Å². The SMILES string of the molecule is C=CC[C@H]1CO[C@H](CO[Si](c2ccccc2)(c2ccccc2)C(C)(C)C)[C@H]1CC=C. The van der Waals surface area contributed by atoms with Crippen molar-refractivity contribution in [2.75, 3.05) is 13.2 Å². The molecule has 160 valence electrons. The minimum atomic E-state index is -2.54. The molecule has 0 aromatic heterocycles. The van der Waals surface area contributed by atoms with Crippen LogP contribution in [-0.2, 0) is 9.16 Å². The van der Waals surface area contributed by atoms with E-state index in [9.17, 15) is 0 Å². The van der Waals surface area contributed by atoms with Crippen molar-refractivity contribution in [3.63, 3.8) is 0 Å². The molecule has 0 unspecified atom stereocenters. The van der Waals surface area contributed by atoms with E-state index in [0.29, 0.717) is 18.4 Å². The molecule has 1 saturated heterocycles. The third-order valence-electron chi connectivity index (χ3n) is 6.40. The predicted octanol–water partition coefficient (Wildman–Crippen LogP) is 5.35. The summed E-state index contributed by atoms with van der Waals surface area (Å²) in [6.45, 7) is 16.3. The van der Waals surface area contributed by atoms with Gasteiger partial charge in [0, 0.05) is 0 Å². The summed E-state index contributed by atoms with van der Waals surface area (Å²) in [5, 5.41) is 2.59. The molecule has 2 aromatic rings. The molecule has 0 spiro atoms. The molecule has 1 heterocycles. The topological polar surface area (TPSA) is 18.5 Å². The second-order valence-corrected chi connectivity index (χ2v) is 13.6. The Balaban J connectivity index is 1.98. The summed E-state index contributed by atoms with van der Waals surface area (Å²) in [5.74, 6) is 0.923. The van der Waals surface area contributed by atoms with E-state index in [0.717, 1.165) is 19.4 Å². The number of benzene rings is 2. The van der Waals surface area contributed by atoms with Gasteiger partial charge in [0.2, 0.25) is 0 Å². The lowest BCUT2D eigenvalue weighted by atomic mass is 9.86. The van der Waals surface area contributed by atoms with Crippen molar-refractivity contribution in [1.82, 2.24) is 0 Å². The van der Waals surface area contributed by atoms with Crippen LogP contribution in [0.2, 0.25) is 5.04 Å². The first-order valence-electron chi connectivity index (χ1n) is 11.0. The van der Waals surface area contributed by atoms with Crippen LogP contribution in [0.5, 0.6) is 0 Å². The van der Waals surface area contributed by atoms with E-state index >= 15 is 0 Å². The molecule has 0 bridgehead atoms. The fourth-order valence-electron chi connectivity index (χ4n) is 4.93. The molecule has 2 aromatic carbocycles. The highest BCUT2D eigenvalue weighted by Gasteiger charge is 2.51. The summed E-state index contributed by atoms with van der Waals surface area (Å²) in [6, 6.07) is 21.6. The lowest BCUT2D eigenvalue weighted by molar-refractivity contribution is 0.0456. The van der Waals surface area contributed by atoms with Gasteiger partial charge in [-0.15, -0.1) is 13.2 Å². The van der Waals surface area contributed by atoms with E-state index < -0.39 is 8.32 Å². The summed E-state index contributed by atoms with van der Waals surface area (Å²) in [7, 11) is -2.54. The van der Waals surface area contributed by atoms with Crippen LogP contribution < -0.4 is 10.4 Å². The zero-order valence-corrected chi connectivity index (χ0v) is 19.7. The summed E-state index contributed by atoms with van der Waals surface area (Å²) in [6.07, 6.45) is 6.05. The van der Waals surface area contributed by atoms with Gasteiger partial charge in [0.05, 0.1) is 19.3 Å². The van der Waals surface area contributed by atoms with Crippen molar-refractivity contribution in [2.24, 2.45) is 11.8 Å². The zero-order valence-electron chi connectivity index (χ0n) is 18.7. The van der Waals surface area contributed by atoms with Crippen molar-refractivity contribution in [1.29, 1.82) is 0 Å². The third-order valence-corrected chi connectivity index (χ3v) is 11.4. The smallest absolute Gasteiger partial charge is 0.261 e. The van der Waals surface area contributed by atoms with Gasteiger partial charge in [-0.05, 0) is 40.1 Å². The molecule has 1 aliphatic rings. The molecular formula is C27H36O2Si. The first-order valence-corrected chi connectivity index (χ1v) is 12.9. The van der Waals surface area contributed by atoms with E-state index in [1.165, 1.54) is 10.4 Å². The average Bonchev–Trinajstić information content (AvgIpc) is 3.11. The highest BCUT2D eigenvalue weighted by atomic mass is 28.4. The number of hydrogen-bond donors (Lipinski definition) is 0. The van der Waals surface area contributed by atoms with Gasteiger partial charge >= 0.3 is 0 Å². The van der Waals surface area contributed by atoms with Crippen LogP contribution in [0, 0.1) is 11.8 Å². The number of allylic oxidation sites excluding steroid dienone is 2. The maximum absolute atomic E-state index is 7.11. The van der Waals surface area contributed by atoms with E-state index in [1.807, 2.05) is 12.2 Å². The van der Waals surface area contributed by atoms with Crippen molar-refractivity contribution in [3.05, 3.63) is 86.0 Å². The van der Waals surface area contributed by atoms with Gasteiger partial charge in [0.1, 0.15) is 0 Å². The largest absolute Gasteiger partial charge is 0.405 e. The highest BCUT2D eigenvalue weighted by Crippen LogP contribution is 2.39. The molecule has 3 rings (SSSR count). The standard InChI is InChI=1S/C27H36O2Si/c1-6-14-22-20-28-26(25(22)15-7-2)21-29-30(27(3,4)5,23-16-10-8-11-17-23)24-18-12-9-13-19-24/h6-13,16-19,22,25-26H,1-2,14-15,20-21H2,3-5H3/t22-,25-,26+/m0/s1. The Labute approximate surface area is 183 Å². The molecule has 0 radical (unpaired) electrons. The molecular weight excluding hydrogens is 384 g/mol. The third kappa shape index (κ3) is 4.54. The van der Waals surface area contributed by atoms with Gasteiger partial charge in [-0.1, -0.05) is 93.6 Å². The quantitative estimate of drug-likeness (QED) is 0.402. The van der Waals surface area contributed by atoms with Gasteiger partial charge in [-0.2, -0.15) is 0 Å². The van der Waals surface area contributed by atoms with Crippen LogP contribution in [0.4, 0.5) is 0 Å². The summed E-state index contributed by atoms with van der Waals surface area (Å²) in [4.78, 5) is 0. The molecule has 1 fully saturated rings. The Hall–Kier alpha value is -1.94. The molecule has 3 atom stereocenters. The minimum Gasteiger partial charge on any atom is -0.405 e. The maximum Gasteiger partial charge on any atom is 0.261 e. The van der Waals surface area contributed by atoms with Crippen molar-refractivity contribution in [2.45, 2.75) is 44.8 Å². The Morgan fingerprint density at radius 2 is 1.47 bits per heavy atom. The van der Waals surface area contributed by atoms with E-state index in [1.54, 1.807) is 0 Å². The molecule has 0 saturated carbocycles. The van der Waals surface area contributed by atoms with Crippen LogP contribution in [0.15, 0.2) is 86.0 Å². The van der Waals surface area contributed by atoms with Crippen molar-refractivity contribution in [3.8, 4) is 0 Å². The highest BCUT2D eigenvalue weighted by molar-refractivity contribution is 6.99. The number of rotatable bonds is 9. The molecule has 3 heteroatoms. The summed E-state index contributed by atoms with van der Waals surface area (Å²) >= 11 is 0. The van der Waals surface area contributed by atoms with Gasteiger partial charge in [-0.25, -0.2) is 0 Å². The van der Waals surface area contributed by atoms with Gasteiger partial charge < -0.3 is 9.16 Å². The Kier molecular flexibility index (Phi) is 7.51. The first kappa shape index (κ1) is 22.7. The Morgan fingerprint density at radius 1 is 0.933 bits per heavy atom. The first-order chi connectivity index (χ1) is 14.4. The zero-order chi connectivity index (χ0) is 21.6. The monoisotopic (exact) mass is 420 g/mol. The van der Waals surface area contributed by atoms with Gasteiger partial charge in [0.15, 0.2) is 0 Å². The van der Waals surface area contributed by atoms with E-state index in [-0.39, 0.29) is 11.1 Å². The van der Waals surface area contributed by atoms with Crippen molar-refractivity contribution < 1.29 is 9.16 Å². The number of ether oxygens (including phenoxy) is 1. The molecule has 1 aliphatic heterocycles. The summed E-state index contributed by atoms with van der Waals surface area (Å²) in [5.41, 5.74) is 0. The molecule has 0 aliphatic carbocycles. The van der Waals surface area contributed by atoms with Crippen LogP contribution >= 0.6 is 0 Å². The van der Waals surface area contributed by atoms with Gasteiger partial charge in [0.25, 0.3) is 8.32 Å². The normalized spacial score (nSPS) is 22.0. The maximum atomic E-state index is 7.11.